The molecule has 0 fully saturated rings. The van der Waals surface area contributed by atoms with E-state index in [0.717, 1.165) is 0 Å². The number of imidazole rings is 1. The summed E-state index contributed by atoms with van der Waals surface area (Å²) in [6, 6.07) is 0. The molecule has 0 unspecified atom stereocenters. The normalized spacial score (nSPS) is 11.8. The summed E-state index contributed by atoms with van der Waals surface area (Å²) in [4.78, 5) is 7.40. The Morgan fingerprint density at radius 3 is 2.80 bits per heavy atom. The fourth-order valence-corrected chi connectivity index (χ4v) is 1.65. The van der Waals surface area contributed by atoms with Gasteiger partial charge in [-0.2, -0.15) is 4.98 Å². The molecule has 0 spiro atoms. The highest BCUT2D eigenvalue weighted by Crippen LogP contribution is 2.11. The van der Waals surface area contributed by atoms with Crippen LogP contribution < -0.4 is 0 Å². The molecule has 2 heterocycles. The zero-order valence-electron chi connectivity index (χ0n) is 7.24. The highest BCUT2D eigenvalue weighted by atomic mass is 35.7. The van der Waals surface area contributed by atoms with E-state index in [1.54, 1.807) is 0 Å². The standard InChI is InChI=1S/C6H5ClN4O3S/c7-15(12,13)6-2-11(3-8-6)1-5-9-4-14-10-5/h2-4H,1H2. The van der Waals surface area contributed by atoms with Crippen LogP contribution in [0.25, 0.3) is 0 Å². The second-order valence-corrected chi connectivity index (χ2v) is 5.18. The largest absolute Gasteiger partial charge is 0.343 e. The number of hydrogen-bond acceptors (Lipinski definition) is 6. The molecule has 0 saturated carbocycles. The molecule has 0 aliphatic rings. The van der Waals surface area contributed by atoms with Crippen LogP contribution in [0.4, 0.5) is 0 Å². The van der Waals surface area contributed by atoms with Gasteiger partial charge in [0.1, 0.15) is 0 Å². The van der Waals surface area contributed by atoms with Gasteiger partial charge in [-0.3, -0.25) is 0 Å². The van der Waals surface area contributed by atoms with Crippen molar-refractivity contribution in [3.05, 3.63) is 24.7 Å². The summed E-state index contributed by atoms with van der Waals surface area (Å²) in [6.07, 6.45) is 3.80. The van der Waals surface area contributed by atoms with Gasteiger partial charge in [-0.15, -0.1) is 0 Å². The number of halogens is 1. The zero-order valence-corrected chi connectivity index (χ0v) is 8.81. The SMILES string of the molecule is O=S(=O)(Cl)c1cn(Cc2ncon2)cn1. The summed E-state index contributed by atoms with van der Waals surface area (Å²) in [5.41, 5.74) is 0. The van der Waals surface area contributed by atoms with Gasteiger partial charge in [0.05, 0.1) is 12.9 Å². The predicted octanol–water partition coefficient (Wildman–Crippen LogP) is 0.242. The van der Waals surface area contributed by atoms with Crippen molar-refractivity contribution in [3.63, 3.8) is 0 Å². The second kappa shape index (κ2) is 3.63. The molecule has 2 rings (SSSR count). The first-order valence-corrected chi connectivity index (χ1v) is 6.08. The predicted molar refractivity (Wildman–Crippen MR) is 48.7 cm³/mol. The number of aromatic nitrogens is 4. The van der Waals surface area contributed by atoms with Gasteiger partial charge in [0.25, 0.3) is 9.05 Å². The molecule has 0 atom stereocenters. The third-order valence-corrected chi connectivity index (χ3v) is 2.78. The molecule has 0 aliphatic heterocycles. The molecule has 0 aliphatic carbocycles. The first-order chi connectivity index (χ1) is 7.05. The first-order valence-electron chi connectivity index (χ1n) is 3.77. The number of rotatable bonds is 3. The van der Waals surface area contributed by atoms with E-state index in [1.807, 2.05) is 0 Å². The minimum absolute atomic E-state index is 0.201. The van der Waals surface area contributed by atoms with E-state index in [1.165, 1.54) is 23.5 Å². The maximum atomic E-state index is 10.9. The molecule has 15 heavy (non-hydrogen) atoms. The lowest BCUT2D eigenvalue weighted by Gasteiger charge is -1.93. The van der Waals surface area contributed by atoms with Gasteiger partial charge in [-0.25, -0.2) is 13.4 Å². The Morgan fingerprint density at radius 1 is 1.47 bits per heavy atom. The summed E-state index contributed by atoms with van der Waals surface area (Å²) in [7, 11) is 1.32. The van der Waals surface area contributed by atoms with Gasteiger partial charge >= 0.3 is 0 Å². The van der Waals surface area contributed by atoms with Gasteiger partial charge in [0.15, 0.2) is 10.9 Å². The Kier molecular flexibility index (Phi) is 2.45. The van der Waals surface area contributed by atoms with Gasteiger partial charge in [0.2, 0.25) is 6.39 Å². The lowest BCUT2D eigenvalue weighted by atomic mass is 10.6. The van der Waals surface area contributed by atoms with Crippen LogP contribution in [0.15, 0.2) is 28.5 Å². The summed E-state index contributed by atoms with van der Waals surface area (Å²) in [5.74, 6) is 0.422. The Morgan fingerprint density at radius 2 is 2.27 bits per heavy atom. The van der Waals surface area contributed by atoms with E-state index in [0.29, 0.717) is 5.82 Å². The smallest absolute Gasteiger partial charge is 0.280 e. The Bertz CT molecular complexity index is 547. The van der Waals surface area contributed by atoms with Crippen molar-refractivity contribution in [3.8, 4) is 0 Å². The molecule has 80 valence electrons. The van der Waals surface area contributed by atoms with Crippen molar-refractivity contribution >= 4 is 19.7 Å². The highest BCUT2D eigenvalue weighted by molar-refractivity contribution is 8.13. The topological polar surface area (TPSA) is 90.9 Å². The molecule has 2 aromatic rings. The third-order valence-electron chi connectivity index (χ3n) is 1.59. The lowest BCUT2D eigenvalue weighted by molar-refractivity contribution is 0.408. The van der Waals surface area contributed by atoms with Crippen molar-refractivity contribution in [1.29, 1.82) is 0 Å². The second-order valence-electron chi connectivity index (χ2n) is 2.67. The van der Waals surface area contributed by atoms with E-state index in [-0.39, 0.29) is 11.6 Å². The van der Waals surface area contributed by atoms with Gasteiger partial charge in [0, 0.05) is 16.9 Å². The fourth-order valence-electron chi connectivity index (χ4n) is 0.977. The maximum absolute atomic E-state index is 10.9. The van der Waals surface area contributed by atoms with Crippen molar-refractivity contribution in [2.24, 2.45) is 0 Å². The Balaban J connectivity index is 2.22. The number of nitrogens with zero attached hydrogens (tertiary/aromatic N) is 4. The Hall–Kier alpha value is -1.41. The molecule has 9 heteroatoms. The first kappa shape index (κ1) is 10.1. The molecule has 2 aromatic heterocycles. The lowest BCUT2D eigenvalue weighted by Crippen LogP contribution is -1.98. The van der Waals surface area contributed by atoms with Crippen LogP contribution in [-0.4, -0.2) is 28.1 Å². The van der Waals surface area contributed by atoms with Crippen LogP contribution in [0.5, 0.6) is 0 Å². The molecule has 7 nitrogen and oxygen atoms in total. The summed E-state index contributed by atoms with van der Waals surface area (Å²) in [5, 5.41) is 3.36. The van der Waals surface area contributed by atoms with Gasteiger partial charge in [-0.1, -0.05) is 5.16 Å². The quantitative estimate of drug-likeness (QED) is 0.723. The van der Waals surface area contributed by atoms with Crippen molar-refractivity contribution in [2.45, 2.75) is 11.6 Å². The highest BCUT2D eigenvalue weighted by Gasteiger charge is 2.13. The monoisotopic (exact) mass is 248 g/mol. The van der Waals surface area contributed by atoms with Crippen molar-refractivity contribution < 1.29 is 12.9 Å². The van der Waals surface area contributed by atoms with Crippen LogP contribution in [0.2, 0.25) is 0 Å². The van der Waals surface area contributed by atoms with E-state index < -0.39 is 9.05 Å². The molecule has 0 radical (unpaired) electrons. The molecule has 0 N–H and O–H groups in total. The zero-order chi connectivity index (χ0) is 10.9. The number of hydrogen-bond donors (Lipinski definition) is 0. The molecule has 0 aromatic carbocycles. The molecule has 0 bridgehead atoms. The van der Waals surface area contributed by atoms with Gasteiger partial charge < -0.3 is 9.09 Å². The molecule has 0 saturated heterocycles. The maximum Gasteiger partial charge on any atom is 0.280 e. The minimum atomic E-state index is -3.78. The van der Waals surface area contributed by atoms with Crippen LogP contribution in [0.3, 0.4) is 0 Å². The van der Waals surface area contributed by atoms with E-state index >= 15 is 0 Å². The average molecular weight is 249 g/mol. The van der Waals surface area contributed by atoms with Gasteiger partial charge in [-0.05, 0) is 0 Å². The summed E-state index contributed by atoms with van der Waals surface area (Å²) < 4.78 is 27.8. The molecule has 0 amide bonds. The Labute approximate surface area is 89.1 Å². The van der Waals surface area contributed by atoms with Crippen LogP contribution in [0, 0.1) is 0 Å². The molecular formula is C6H5ClN4O3S. The van der Waals surface area contributed by atoms with Crippen LogP contribution >= 0.6 is 10.7 Å². The van der Waals surface area contributed by atoms with E-state index in [2.05, 4.69) is 19.6 Å². The minimum Gasteiger partial charge on any atom is -0.343 e. The third kappa shape index (κ3) is 2.34. The van der Waals surface area contributed by atoms with Crippen LogP contribution in [-0.2, 0) is 15.6 Å². The van der Waals surface area contributed by atoms with E-state index in [9.17, 15) is 8.42 Å². The van der Waals surface area contributed by atoms with E-state index in [4.69, 9.17) is 10.7 Å². The fraction of sp³-hybridized carbons (Fsp3) is 0.167. The average Bonchev–Trinajstić information content (AvgIpc) is 2.73. The van der Waals surface area contributed by atoms with Crippen molar-refractivity contribution in [2.75, 3.05) is 0 Å². The summed E-state index contributed by atoms with van der Waals surface area (Å²) >= 11 is 0. The molecular weight excluding hydrogens is 244 g/mol. The van der Waals surface area contributed by atoms with Crippen molar-refractivity contribution in [1.82, 2.24) is 19.7 Å². The van der Waals surface area contributed by atoms with Crippen LogP contribution in [0.1, 0.15) is 5.82 Å². The summed E-state index contributed by atoms with van der Waals surface area (Å²) in [6.45, 7) is 0.274.